The molecule has 2 N–H and O–H groups in total. The number of hydrogen-bond acceptors (Lipinski definition) is 6. The molecule has 1 aliphatic carbocycles. The van der Waals surface area contributed by atoms with Gasteiger partial charge in [-0.05, 0) is 67.2 Å². The Bertz CT molecular complexity index is 611. The average molecular weight is 485 g/mol. The van der Waals surface area contributed by atoms with Crippen molar-refractivity contribution in [2.75, 3.05) is 39.5 Å². The van der Waals surface area contributed by atoms with Crippen LogP contribution in [-0.4, -0.2) is 62.9 Å². The van der Waals surface area contributed by atoms with E-state index in [0.29, 0.717) is 39.5 Å². The summed E-state index contributed by atoms with van der Waals surface area (Å²) in [5.74, 6) is 0. The molecule has 0 heterocycles. The highest BCUT2D eigenvalue weighted by Crippen LogP contribution is 2.40. The summed E-state index contributed by atoms with van der Waals surface area (Å²) >= 11 is 0. The first-order valence-electron chi connectivity index (χ1n) is 12.4. The van der Waals surface area contributed by atoms with Crippen LogP contribution in [0.2, 0.25) is 0 Å². The van der Waals surface area contributed by atoms with Crippen LogP contribution in [0.4, 0.5) is 9.59 Å². The molecule has 0 aromatic carbocycles. The van der Waals surface area contributed by atoms with Gasteiger partial charge in [-0.25, -0.2) is 9.59 Å². The molecular formula is C26H48N2O6. The molecule has 2 unspecified atom stereocenters. The van der Waals surface area contributed by atoms with Crippen molar-refractivity contribution in [3.05, 3.63) is 12.2 Å². The lowest BCUT2D eigenvalue weighted by atomic mass is 9.71. The molecule has 34 heavy (non-hydrogen) atoms. The van der Waals surface area contributed by atoms with Crippen molar-refractivity contribution in [3.63, 3.8) is 0 Å². The molecule has 0 aromatic heterocycles. The van der Waals surface area contributed by atoms with Crippen molar-refractivity contribution in [2.24, 2.45) is 10.8 Å². The van der Waals surface area contributed by atoms with Gasteiger partial charge in [0, 0.05) is 37.1 Å². The largest absolute Gasteiger partial charge is 0.444 e. The summed E-state index contributed by atoms with van der Waals surface area (Å²) in [7, 11) is 0. The number of rotatable bonds is 12. The summed E-state index contributed by atoms with van der Waals surface area (Å²) in [4.78, 5) is 23.3. The third-order valence-electron chi connectivity index (χ3n) is 5.29. The van der Waals surface area contributed by atoms with Crippen LogP contribution in [0.15, 0.2) is 12.2 Å². The number of ether oxygens (including phenoxy) is 4. The Kier molecular flexibility index (Phi) is 11.9. The number of nitrogens with one attached hydrogen (secondary N) is 2. The van der Waals surface area contributed by atoms with Gasteiger partial charge in [-0.3, -0.25) is 0 Å². The molecule has 0 aromatic rings. The zero-order valence-corrected chi connectivity index (χ0v) is 22.7. The summed E-state index contributed by atoms with van der Waals surface area (Å²) < 4.78 is 22.2. The number of hydrogen-bond donors (Lipinski definition) is 2. The zero-order chi connectivity index (χ0) is 25.9. The van der Waals surface area contributed by atoms with Gasteiger partial charge in [-0.1, -0.05) is 26.0 Å². The maximum Gasteiger partial charge on any atom is 0.407 e. The van der Waals surface area contributed by atoms with Crippen molar-refractivity contribution >= 4 is 12.2 Å². The minimum absolute atomic E-state index is 0.00936. The molecule has 2 atom stereocenters. The quantitative estimate of drug-likeness (QED) is 0.292. The fourth-order valence-corrected chi connectivity index (χ4v) is 3.35. The highest BCUT2D eigenvalue weighted by atomic mass is 16.6. The first-order chi connectivity index (χ1) is 15.6. The third-order valence-corrected chi connectivity index (χ3v) is 5.29. The van der Waals surface area contributed by atoms with Crippen LogP contribution >= 0.6 is 0 Å². The number of carbonyl (C=O) groups is 2. The van der Waals surface area contributed by atoms with E-state index in [0.717, 1.165) is 25.7 Å². The van der Waals surface area contributed by atoms with Crippen LogP contribution in [0.1, 0.15) is 81.1 Å². The number of carbonyl (C=O) groups excluding carboxylic acids is 2. The minimum atomic E-state index is -0.485. The molecule has 0 saturated carbocycles. The monoisotopic (exact) mass is 484 g/mol. The van der Waals surface area contributed by atoms with E-state index >= 15 is 0 Å². The summed E-state index contributed by atoms with van der Waals surface area (Å²) in [6.07, 6.45) is 7.26. The van der Waals surface area contributed by atoms with Crippen molar-refractivity contribution in [1.82, 2.24) is 10.6 Å². The van der Waals surface area contributed by atoms with E-state index in [9.17, 15) is 9.59 Å². The van der Waals surface area contributed by atoms with Crippen LogP contribution < -0.4 is 10.6 Å². The van der Waals surface area contributed by atoms with E-state index in [1.165, 1.54) is 0 Å². The highest BCUT2D eigenvalue weighted by molar-refractivity contribution is 5.67. The maximum atomic E-state index is 11.6. The lowest BCUT2D eigenvalue weighted by Crippen LogP contribution is -2.34. The summed E-state index contributed by atoms with van der Waals surface area (Å²) in [6.45, 7) is 19.1. The molecule has 2 amide bonds. The zero-order valence-electron chi connectivity index (χ0n) is 22.7. The standard InChI is InChI=1S/C26H48N2O6/c1-23(2,3)33-21(29)27-15-9-17-31-19-25(7)11-13-26(8,14-12-25)20-32-18-10-16-28-22(30)34-24(4,5)6/h11,13H,9-10,12,14-20H2,1-8H3,(H,27,29)(H,28,30). The molecule has 0 saturated heterocycles. The second-order valence-electron chi connectivity index (χ2n) is 11.8. The molecular weight excluding hydrogens is 436 g/mol. The average Bonchev–Trinajstić information content (AvgIpc) is 2.67. The van der Waals surface area contributed by atoms with Crippen molar-refractivity contribution in [1.29, 1.82) is 0 Å². The predicted octanol–water partition coefficient (Wildman–Crippen LogP) is 5.21. The normalized spacial score (nSPS) is 22.8. The Morgan fingerprint density at radius 2 is 1.09 bits per heavy atom. The van der Waals surface area contributed by atoms with Crippen LogP contribution in [0.3, 0.4) is 0 Å². The van der Waals surface area contributed by atoms with E-state index in [1.54, 1.807) is 0 Å². The fraction of sp³-hybridized carbons (Fsp3) is 0.846. The highest BCUT2D eigenvalue weighted by Gasteiger charge is 2.33. The van der Waals surface area contributed by atoms with Gasteiger partial charge in [0.15, 0.2) is 0 Å². The Balaban J connectivity index is 2.18. The van der Waals surface area contributed by atoms with Gasteiger partial charge < -0.3 is 29.6 Å². The van der Waals surface area contributed by atoms with E-state index in [2.05, 4.69) is 36.6 Å². The van der Waals surface area contributed by atoms with E-state index in [-0.39, 0.29) is 10.8 Å². The summed E-state index contributed by atoms with van der Waals surface area (Å²) in [5, 5.41) is 5.50. The molecule has 8 nitrogen and oxygen atoms in total. The molecule has 0 bridgehead atoms. The molecule has 0 spiro atoms. The number of amides is 2. The summed E-state index contributed by atoms with van der Waals surface area (Å²) in [5.41, 5.74) is -0.951. The van der Waals surface area contributed by atoms with Crippen molar-refractivity contribution < 1.29 is 28.5 Å². The van der Waals surface area contributed by atoms with Gasteiger partial charge in [0.2, 0.25) is 0 Å². The van der Waals surface area contributed by atoms with Gasteiger partial charge in [0.05, 0.1) is 13.2 Å². The topological polar surface area (TPSA) is 95.1 Å². The second kappa shape index (κ2) is 13.3. The molecule has 198 valence electrons. The smallest absolute Gasteiger partial charge is 0.407 e. The van der Waals surface area contributed by atoms with Crippen molar-refractivity contribution in [3.8, 4) is 0 Å². The van der Waals surface area contributed by atoms with Gasteiger partial charge in [-0.2, -0.15) is 0 Å². The lowest BCUT2D eigenvalue weighted by Gasteiger charge is -2.37. The van der Waals surface area contributed by atoms with E-state index < -0.39 is 23.4 Å². The molecule has 1 aliphatic rings. The number of alkyl carbamates (subject to hydrolysis) is 2. The van der Waals surface area contributed by atoms with Gasteiger partial charge in [-0.15, -0.1) is 0 Å². The van der Waals surface area contributed by atoms with Gasteiger partial charge >= 0.3 is 12.2 Å². The van der Waals surface area contributed by atoms with E-state index in [1.807, 2.05) is 41.5 Å². The predicted molar refractivity (Wildman–Crippen MR) is 134 cm³/mol. The Hall–Kier alpha value is -1.80. The van der Waals surface area contributed by atoms with Crippen molar-refractivity contribution in [2.45, 2.75) is 92.3 Å². The van der Waals surface area contributed by atoms with Crippen LogP contribution in [0, 0.1) is 10.8 Å². The SMILES string of the molecule is CC1(COCCCNC(=O)OC(C)(C)C)C=CC(C)(COCCCNC(=O)OC(C)(C)C)CC1. The van der Waals surface area contributed by atoms with Crippen LogP contribution in [0.25, 0.3) is 0 Å². The van der Waals surface area contributed by atoms with Crippen LogP contribution in [-0.2, 0) is 18.9 Å². The Morgan fingerprint density at radius 1 is 0.735 bits per heavy atom. The fourth-order valence-electron chi connectivity index (χ4n) is 3.35. The minimum Gasteiger partial charge on any atom is -0.444 e. The van der Waals surface area contributed by atoms with Gasteiger partial charge in [0.25, 0.3) is 0 Å². The molecule has 0 fully saturated rings. The second-order valence-corrected chi connectivity index (χ2v) is 11.8. The first-order valence-corrected chi connectivity index (χ1v) is 12.4. The van der Waals surface area contributed by atoms with Gasteiger partial charge in [0.1, 0.15) is 11.2 Å². The first kappa shape index (κ1) is 30.2. The molecule has 0 radical (unpaired) electrons. The molecule has 1 rings (SSSR count). The summed E-state index contributed by atoms with van der Waals surface area (Å²) in [6, 6.07) is 0. The maximum absolute atomic E-state index is 11.6. The molecule has 0 aliphatic heterocycles. The van der Waals surface area contributed by atoms with Crippen LogP contribution in [0.5, 0.6) is 0 Å². The Labute approximate surface area is 206 Å². The third kappa shape index (κ3) is 14.5. The molecule has 8 heteroatoms. The van der Waals surface area contributed by atoms with E-state index in [4.69, 9.17) is 18.9 Å². The lowest BCUT2D eigenvalue weighted by molar-refractivity contribution is 0.0333. The Morgan fingerprint density at radius 3 is 1.38 bits per heavy atom.